The van der Waals surface area contributed by atoms with Crippen LogP contribution in [0, 0.1) is 0 Å². The van der Waals surface area contributed by atoms with E-state index in [9.17, 15) is 4.79 Å². The monoisotopic (exact) mass is 540 g/mol. The first-order valence-corrected chi connectivity index (χ1v) is 11.6. The third-order valence-corrected chi connectivity index (χ3v) is 7.63. The number of carbonyl (C=O) groups excluding carboxylic acids is 1. The molecular formula is C23H27Br2ClN2O. The second kappa shape index (κ2) is 9.61. The molecule has 2 aromatic carbocycles. The summed E-state index contributed by atoms with van der Waals surface area (Å²) in [5.41, 5.74) is 1.49. The number of nitrogens with one attached hydrogen (secondary N) is 2. The van der Waals surface area contributed by atoms with Gasteiger partial charge in [0.25, 0.3) is 0 Å². The van der Waals surface area contributed by atoms with Crippen LogP contribution in [0.15, 0.2) is 57.5 Å². The largest absolute Gasteiger partial charge is 0.317 e. The highest BCUT2D eigenvalue weighted by Gasteiger charge is 2.52. The smallest absolute Gasteiger partial charge is 0.154 e. The van der Waals surface area contributed by atoms with Crippen LogP contribution in [0.5, 0.6) is 0 Å². The number of halogens is 3. The molecule has 4 rings (SSSR count). The van der Waals surface area contributed by atoms with Crippen LogP contribution in [-0.4, -0.2) is 32.0 Å². The minimum atomic E-state index is -0.420. The molecule has 0 radical (unpaired) electrons. The molecule has 0 spiro atoms. The Morgan fingerprint density at radius 2 is 0.966 bits per heavy atom. The van der Waals surface area contributed by atoms with Gasteiger partial charge in [-0.25, -0.2) is 0 Å². The molecule has 0 atom stereocenters. The van der Waals surface area contributed by atoms with Crippen molar-refractivity contribution < 1.29 is 4.79 Å². The van der Waals surface area contributed by atoms with E-state index >= 15 is 0 Å². The average Bonchev–Trinajstić information content (AvgIpc) is 2.75. The number of ketones is 1. The van der Waals surface area contributed by atoms with Crippen LogP contribution in [0.2, 0.25) is 0 Å². The Labute approximate surface area is 196 Å². The summed E-state index contributed by atoms with van der Waals surface area (Å²) in [5, 5.41) is 6.92. The topological polar surface area (TPSA) is 41.1 Å². The first kappa shape index (κ1) is 23.0. The van der Waals surface area contributed by atoms with Crippen LogP contribution < -0.4 is 10.6 Å². The lowest BCUT2D eigenvalue weighted by Gasteiger charge is -2.46. The summed E-state index contributed by atoms with van der Waals surface area (Å²) in [6.07, 6.45) is 3.44. The van der Waals surface area contributed by atoms with Gasteiger partial charge in [-0.05, 0) is 87.3 Å². The molecular weight excluding hydrogens is 516 g/mol. The van der Waals surface area contributed by atoms with Gasteiger partial charge < -0.3 is 10.6 Å². The molecule has 2 N–H and O–H groups in total. The minimum absolute atomic E-state index is 0. The van der Waals surface area contributed by atoms with Crippen molar-refractivity contribution in [3.8, 4) is 0 Å². The molecule has 0 aromatic heterocycles. The van der Waals surface area contributed by atoms with Crippen LogP contribution in [-0.2, 0) is 15.6 Å². The number of rotatable bonds is 4. The van der Waals surface area contributed by atoms with Gasteiger partial charge >= 0.3 is 0 Å². The summed E-state index contributed by atoms with van der Waals surface area (Å²) in [5.74, 6) is 0.410. The number of hydrogen-bond donors (Lipinski definition) is 2. The highest BCUT2D eigenvalue weighted by Crippen LogP contribution is 2.46. The zero-order valence-electron chi connectivity index (χ0n) is 16.3. The Morgan fingerprint density at radius 3 is 1.28 bits per heavy atom. The maximum absolute atomic E-state index is 14.5. The van der Waals surface area contributed by atoms with Crippen LogP contribution in [0.25, 0.3) is 0 Å². The van der Waals surface area contributed by atoms with Gasteiger partial charge in [0.05, 0.1) is 10.8 Å². The van der Waals surface area contributed by atoms with E-state index in [1.54, 1.807) is 0 Å². The lowest BCUT2D eigenvalue weighted by molar-refractivity contribution is -0.132. The van der Waals surface area contributed by atoms with Gasteiger partial charge in [-0.2, -0.15) is 0 Å². The highest BCUT2D eigenvalue weighted by atomic mass is 79.9. The maximum atomic E-state index is 14.5. The van der Waals surface area contributed by atoms with Gasteiger partial charge in [-0.15, -0.1) is 12.4 Å². The molecule has 2 heterocycles. The normalized spacial score (nSPS) is 20.5. The molecule has 3 nitrogen and oxygen atoms in total. The van der Waals surface area contributed by atoms with Crippen molar-refractivity contribution >= 4 is 50.1 Å². The van der Waals surface area contributed by atoms with Crippen LogP contribution in [0.4, 0.5) is 0 Å². The Bertz CT molecular complexity index is 757. The Morgan fingerprint density at radius 1 is 0.655 bits per heavy atom. The van der Waals surface area contributed by atoms with Crippen molar-refractivity contribution in [2.45, 2.75) is 36.5 Å². The van der Waals surface area contributed by atoms with Crippen molar-refractivity contribution in [2.75, 3.05) is 26.2 Å². The lowest BCUT2D eigenvalue weighted by Crippen LogP contribution is -2.56. The van der Waals surface area contributed by atoms with E-state index in [-0.39, 0.29) is 12.4 Å². The number of hydrogen-bond acceptors (Lipinski definition) is 3. The van der Waals surface area contributed by atoms with Crippen molar-refractivity contribution in [1.82, 2.24) is 10.6 Å². The molecule has 156 valence electrons. The van der Waals surface area contributed by atoms with Gasteiger partial charge in [-0.3, -0.25) is 4.79 Å². The number of piperidine rings is 2. The minimum Gasteiger partial charge on any atom is -0.317 e. The molecule has 2 saturated heterocycles. The van der Waals surface area contributed by atoms with Crippen molar-refractivity contribution in [3.63, 3.8) is 0 Å². The van der Waals surface area contributed by atoms with Gasteiger partial charge in [-0.1, -0.05) is 56.1 Å². The number of carbonyl (C=O) groups is 1. The molecule has 0 saturated carbocycles. The van der Waals surface area contributed by atoms with Crippen LogP contribution in [0.3, 0.4) is 0 Å². The third kappa shape index (κ3) is 4.35. The van der Waals surface area contributed by atoms with E-state index in [1.807, 2.05) is 0 Å². The molecule has 0 unspecified atom stereocenters. The van der Waals surface area contributed by atoms with Crippen LogP contribution in [0.1, 0.15) is 36.8 Å². The molecule has 2 aliphatic rings. The summed E-state index contributed by atoms with van der Waals surface area (Å²) in [4.78, 5) is 14.5. The zero-order valence-corrected chi connectivity index (χ0v) is 20.3. The van der Waals surface area contributed by atoms with E-state index in [0.717, 1.165) is 71.9 Å². The van der Waals surface area contributed by atoms with Crippen molar-refractivity contribution in [3.05, 3.63) is 68.6 Å². The fourth-order valence-corrected chi connectivity index (χ4v) is 5.53. The summed E-state index contributed by atoms with van der Waals surface area (Å²) >= 11 is 7.09. The molecule has 0 aliphatic carbocycles. The molecule has 2 aliphatic heterocycles. The maximum Gasteiger partial charge on any atom is 0.154 e. The first-order valence-electron chi connectivity index (χ1n) is 10.1. The van der Waals surface area contributed by atoms with Gasteiger partial charge in [0.15, 0.2) is 5.78 Å². The summed E-state index contributed by atoms with van der Waals surface area (Å²) in [6, 6.07) is 16.9. The second-order valence-corrected chi connectivity index (χ2v) is 9.84. The van der Waals surface area contributed by atoms with Crippen molar-refractivity contribution in [1.29, 1.82) is 0 Å². The standard InChI is InChI=1S/C23H26Br2N2O.ClH/c24-19-5-1-17(2-6-19)22(9-13-26-14-10-22)21(28)23(11-15-27-16-12-23)18-3-7-20(25)8-4-18;/h1-8,26-27H,9-16H2;1H. The van der Waals surface area contributed by atoms with Crippen molar-refractivity contribution in [2.24, 2.45) is 0 Å². The molecule has 2 fully saturated rings. The lowest BCUT2D eigenvalue weighted by atomic mass is 9.57. The summed E-state index contributed by atoms with van der Waals surface area (Å²) in [7, 11) is 0. The summed E-state index contributed by atoms with van der Waals surface area (Å²) < 4.78 is 2.11. The Hall–Kier alpha value is -0.720. The summed E-state index contributed by atoms with van der Waals surface area (Å²) in [6.45, 7) is 3.54. The van der Waals surface area contributed by atoms with E-state index in [1.165, 1.54) is 0 Å². The van der Waals surface area contributed by atoms with E-state index in [0.29, 0.717) is 5.78 Å². The third-order valence-electron chi connectivity index (χ3n) is 6.58. The van der Waals surface area contributed by atoms with Gasteiger partial charge in [0.1, 0.15) is 0 Å². The fourth-order valence-electron chi connectivity index (χ4n) is 5.00. The predicted octanol–water partition coefficient (Wildman–Crippen LogP) is 5.15. The average molecular weight is 543 g/mol. The number of Topliss-reactive ketones (excluding diaryl/α,β-unsaturated/α-hetero) is 1. The Balaban J connectivity index is 0.00000240. The van der Waals surface area contributed by atoms with E-state index in [2.05, 4.69) is 91.0 Å². The second-order valence-electron chi connectivity index (χ2n) is 8.01. The van der Waals surface area contributed by atoms with Gasteiger partial charge in [0, 0.05) is 8.95 Å². The fraction of sp³-hybridized carbons (Fsp3) is 0.435. The highest BCUT2D eigenvalue weighted by molar-refractivity contribution is 9.10. The molecule has 6 heteroatoms. The van der Waals surface area contributed by atoms with Gasteiger partial charge in [0.2, 0.25) is 0 Å². The molecule has 0 amide bonds. The predicted molar refractivity (Wildman–Crippen MR) is 128 cm³/mol. The first-order chi connectivity index (χ1) is 13.6. The zero-order chi connectivity index (χ0) is 19.6. The molecule has 2 aromatic rings. The van der Waals surface area contributed by atoms with E-state index in [4.69, 9.17) is 0 Å². The molecule has 29 heavy (non-hydrogen) atoms. The molecule has 0 bridgehead atoms. The van der Waals surface area contributed by atoms with Crippen LogP contribution >= 0.6 is 44.3 Å². The number of benzene rings is 2. The van der Waals surface area contributed by atoms with E-state index < -0.39 is 10.8 Å². The Kier molecular flexibility index (Phi) is 7.61. The quantitative estimate of drug-likeness (QED) is 0.562. The SMILES string of the molecule is Cl.O=C(C1(c2ccc(Br)cc2)CCNCC1)C1(c2ccc(Br)cc2)CCNCC1.